The fourth-order valence-corrected chi connectivity index (χ4v) is 6.13. The lowest BCUT2D eigenvalue weighted by molar-refractivity contribution is -0.144. The fourth-order valence-electron chi connectivity index (χ4n) is 4.32. The first kappa shape index (κ1) is 25.1. The molecule has 2 aromatic rings. The standard InChI is InChI=1S/C25H33NO6S/c1-6-30-22-14-19-11-12-26(33(28,29)24-10-9-17(4)13-18(24)5)21(16-25(27)32-8-3)20(19)15-23(22)31-7-2/h9-10,13-15,21H,6-8,11-12,16H2,1-5H3/t21-/m1/s1. The van der Waals surface area contributed by atoms with E-state index >= 15 is 0 Å². The molecule has 8 heteroatoms. The summed E-state index contributed by atoms with van der Waals surface area (Å²) in [7, 11) is -3.85. The highest BCUT2D eigenvalue weighted by Gasteiger charge is 2.39. The molecule has 0 spiro atoms. The number of hydrogen-bond acceptors (Lipinski definition) is 6. The molecule has 0 aromatic heterocycles. The minimum atomic E-state index is -3.85. The summed E-state index contributed by atoms with van der Waals surface area (Å²) in [6.45, 7) is 10.6. The first-order valence-corrected chi connectivity index (χ1v) is 12.8. The Labute approximate surface area is 196 Å². The van der Waals surface area contributed by atoms with Gasteiger partial charge in [-0.15, -0.1) is 0 Å². The third-order valence-electron chi connectivity index (χ3n) is 5.70. The van der Waals surface area contributed by atoms with Crippen LogP contribution >= 0.6 is 0 Å². The van der Waals surface area contributed by atoms with Crippen molar-refractivity contribution in [2.75, 3.05) is 26.4 Å². The summed E-state index contributed by atoms with van der Waals surface area (Å²) in [6.07, 6.45) is 0.426. The molecule has 1 atom stereocenters. The molecular formula is C25H33NO6S. The van der Waals surface area contributed by atoms with Gasteiger partial charge in [-0.25, -0.2) is 8.42 Å². The number of fused-ring (bicyclic) bond motifs is 1. The van der Waals surface area contributed by atoms with Crippen molar-refractivity contribution in [1.82, 2.24) is 4.31 Å². The van der Waals surface area contributed by atoms with Crippen LogP contribution in [0.3, 0.4) is 0 Å². The molecule has 0 bridgehead atoms. The number of nitrogens with zero attached hydrogens (tertiary/aromatic N) is 1. The van der Waals surface area contributed by atoms with E-state index in [1.807, 2.05) is 39.0 Å². The largest absolute Gasteiger partial charge is 0.490 e. The summed E-state index contributed by atoms with van der Waals surface area (Å²) in [5.41, 5.74) is 3.36. The molecule has 33 heavy (non-hydrogen) atoms. The molecule has 0 amide bonds. The average molecular weight is 476 g/mol. The summed E-state index contributed by atoms with van der Waals surface area (Å²) >= 11 is 0. The molecule has 0 N–H and O–H groups in total. The number of ether oxygens (including phenoxy) is 3. The summed E-state index contributed by atoms with van der Waals surface area (Å²) < 4.78 is 45.7. The molecule has 2 aromatic carbocycles. The van der Waals surface area contributed by atoms with Gasteiger partial charge in [0.1, 0.15) is 0 Å². The third kappa shape index (κ3) is 5.33. The van der Waals surface area contributed by atoms with Gasteiger partial charge in [0.05, 0.1) is 37.2 Å². The van der Waals surface area contributed by atoms with E-state index in [9.17, 15) is 13.2 Å². The van der Waals surface area contributed by atoms with Gasteiger partial charge in [0, 0.05) is 6.54 Å². The van der Waals surface area contributed by atoms with Gasteiger partial charge in [-0.2, -0.15) is 4.31 Å². The van der Waals surface area contributed by atoms with Crippen LogP contribution in [-0.4, -0.2) is 45.1 Å². The van der Waals surface area contributed by atoms with Gasteiger partial charge in [0.2, 0.25) is 10.0 Å². The third-order valence-corrected chi connectivity index (χ3v) is 7.76. The number of hydrogen-bond donors (Lipinski definition) is 0. The van der Waals surface area contributed by atoms with Crippen LogP contribution in [0, 0.1) is 13.8 Å². The van der Waals surface area contributed by atoms with Crippen LogP contribution in [0.15, 0.2) is 35.2 Å². The molecule has 0 radical (unpaired) electrons. The second kappa shape index (κ2) is 10.6. The predicted octanol–water partition coefficient (Wildman–Crippen LogP) is 4.34. The Morgan fingerprint density at radius 2 is 1.67 bits per heavy atom. The van der Waals surface area contributed by atoms with E-state index in [1.165, 1.54) is 4.31 Å². The number of esters is 1. The van der Waals surface area contributed by atoms with Crippen LogP contribution in [0.1, 0.15) is 55.5 Å². The second-order valence-electron chi connectivity index (χ2n) is 8.02. The van der Waals surface area contributed by atoms with Gasteiger partial charge in [0.15, 0.2) is 11.5 Å². The highest BCUT2D eigenvalue weighted by atomic mass is 32.2. The first-order valence-electron chi connectivity index (χ1n) is 11.4. The van der Waals surface area contributed by atoms with Gasteiger partial charge < -0.3 is 14.2 Å². The van der Waals surface area contributed by atoms with Crippen LogP contribution in [0.25, 0.3) is 0 Å². The highest BCUT2D eigenvalue weighted by Crippen LogP contribution is 2.42. The molecule has 1 aliphatic heterocycles. The van der Waals surface area contributed by atoms with E-state index in [0.29, 0.717) is 36.7 Å². The van der Waals surface area contributed by atoms with E-state index < -0.39 is 22.0 Å². The summed E-state index contributed by atoms with van der Waals surface area (Å²) in [5.74, 6) is 0.722. The summed E-state index contributed by atoms with van der Waals surface area (Å²) in [4.78, 5) is 12.8. The SMILES string of the molecule is CCOC(=O)C[C@@H]1c2cc(OCC)c(OCC)cc2CCN1S(=O)(=O)c1ccc(C)cc1C. The second-order valence-corrected chi connectivity index (χ2v) is 9.88. The van der Waals surface area contributed by atoms with Crippen molar-refractivity contribution in [2.24, 2.45) is 0 Å². The Kier molecular flexibility index (Phi) is 8.02. The number of aryl methyl sites for hydroxylation is 2. The van der Waals surface area contributed by atoms with Crippen molar-refractivity contribution >= 4 is 16.0 Å². The van der Waals surface area contributed by atoms with Crippen molar-refractivity contribution in [3.05, 3.63) is 52.6 Å². The fraction of sp³-hybridized carbons (Fsp3) is 0.480. The minimum absolute atomic E-state index is 0.0788. The Bertz CT molecular complexity index is 1110. The monoisotopic (exact) mass is 475 g/mol. The van der Waals surface area contributed by atoms with Crippen molar-refractivity contribution in [2.45, 2.75) is 58.4 Å². The Morgan fingerprint density at radius 1 is 1.00 bits per heavy atom. The Balaban J connectivity index is 2.12. The molecule has 0 saturated carbocycles. The number of carbonyl (C=O) groups is 1. The minimum Gasteiger partial charge on any atom is -0.490 e. The number of benzene rings is 2. The molecule has 1 aliphatic rings. The van der Waals surface area contributed by atoms with Crippen molar-refractivity contribution in [3.63, 3.8) is 0 Å². The zero-order chi connectivity index (χ0) is 24.2. The smallest absolute Gasteiger partial charge is 0.307 e. The van der Waals surface area contributed by atoms with Gasteiger partial charge in [-0.05, 0) is 75.9 Å². The predicted molar refractivity (Wildman–Crippen MR) is 126 cm³/mol. The maximum Gasteiger partial charge on any atom is 0.307 e. The zero-order valence-electron chi connectivity index (χ0n) is 20.0. The zero-order valence-corrected chi connectivity index (χ0v) is 20.8. The Morgan fingerprint density at radius 3 is 2.27 bits per heavy atom. The first-order chi connectivity index (χ1) is 15.7. The van der Waals surface area contributed by atoms with E-state index in [2.05, 4.69) is 0 Å². The van der Waals surface area contributed by atoms with E-state index in [0.717, 1.165) is 16.7 Å². The number of carbonyl (C=O) groups excluding carboxylic acids is 1. The van der Waals surface area contributed by atoms with Crippen molar-refractivity contribution in [1.29, 1.82) is 0 Å². The lowest BCUT2D eigenvalue weighted by Crippen LogP contribution is -2.41. The molecule has 180 valence electrons. The summed E-state index contributed by atoms with van der Waals surface area (Å²) in [5, 5.41) is 0. The maximum atomic E-state index is 13.8. The van der Waals surface area contributed by atoms with Gasteiger partial charge in [0.25, 0.3) is 0 Å². The lowest BCUT2D eigenvalue weighted by Gasteiger charge is -2.36. The lowest BCUT2D eigenvalue weighted by atomic mass is 9.91. The Hall–Kier alpha value is -2.58. The molecule has 3 rings (SSSR count). The van der Waals surface area contributed by atoms with Crippen LogP contribution in [0.4, 0.5) is 0 Å². The van der Waals surface area contributed by atoms with Crippen molar-refractivity contribution < 1.29 is 27.4 Å². The van der Waals surface area contributed by atoms with Gasteiger partial charge in [-0.1, -0.05) is 17.7 Å². The van der Waals surface area contributed by atoms with Crippen LogP contribution in [0.2, 0.25) is 0 Å². The molecule has 7 nitrogen and oxygen atoms in total. The molecule has 0 saturated heterocycles. The van der Waals surface area contributed by atoms with Gasteiger partial charge >= 0.3 is 5.97 Å². The maximum absolute atomic E-state index is 13.8. The molecule has 0 aliphatic carbocycles. The van der Waals surface area contributed by atoms with E-state index in [4.69, 9.17) is 14.2 Å². The highest BCUT2D eigenvalue weighted by molar-refractivity contribution is 7.89. The van der Waals surface area contributed by atoms with E-state index in [1.54, 1.807) is 26.0 Å². The topological polar surface area (TPSA) is 82.1 Å². The average Bonchev–Trinajstić information content (AvgIpc) is 2.74. The van der Waals surface area contributed by atoms with Crippen LogP contribution in [0.5, 0.6) is 11.5 Å². The van der Waals surface area contributed by atoms with Crippen LogP contribution < -0.4 is 9.47 Å². The van der Waals surface area contributed by atoms with Gasteiger partial charge in [-0.3, -0.25) is 4.79 Å². The molecule has 0 unspecified atom stereocenters. The van der Waals surface area contributed by atoms with E-state index in [-0.39, 0.29) is 24.5 Å². The normalized spacial score (nSPS) is 16.2. The number of sulfonamides is 1. The molecule has 1 heterocycles. The quantitative estimate of drug-likeness (QED) is 0.502. The van der Waals surface area contributed by atoms with Crippen LogP contribution in [-0.2, 0) is 26.0 Å². The molecular weight excluding hydrogens is 442 g/mol. The number of rotatable bonds is 9. The summed E-state index contributed by atoms with van der Waals surface area (Å²) in [6, 6.07) is 8.31. The molecule has 0 fully saturated rings. The van der Waals surface area contributed by atoms with Crippen molar-refractivity contribution in [3.8, 4) is 11.5 Å².